The Labute approximate surface area is 146 Å². The van der Waals surface area contributed by atoms with E-state index in [1.54, 1.807) is 17.0 Å². The molecule has 1 aliphatic rings. The van der Waals surface area contributed by atoms with Crippen LogP contribution in [-0.2, 0) is 9.59 Å². The van der Waals surface area contributed by atoms with Gasteiger partial charge in [-0.3, -0.25) is 20.8 Å². The molecule has 6 heteroatoms. The first kappa shape index (κ1) is 15.6. The molecular weight excluding hydrogens is 405 g/mol. The SMILES string of the molecule is [N-]=C=C1C(=O)NC(=O)C([n+]2ccccc2)C1c1ccccc1I. The molecule has 23 heavy (non-hydrogen) atoms. The molecule has 5 nitrogen and oxygen atoms in total. The average molecular weight is 417 g/mol. The third kappa shape index (κ3) is 2.83. The van der Waals surface area contributed by atoms with Crippen molar-refractivity contribution in [3.05, 3.63) is 75.0 Å². The van der Waals surface area contributed by atoms with Gasteiger partial charge in [0.25, 0.3) is 11.8 Å². The number of aromatic nitrogens is 1. The van der Waals surface area contributed by atoms with E-state index in [4.69, 9.17) is 0 Å². The minimum absolute atomic E-state index is 0.0510. The van der Waals surface area contributed by atoms with Crippen LogP contribution in [0.15, 0.2) is 60.4 Å². The topological polar surface area (TPSA) is 72.3 Å². The van der Waals surface area contributed by atoms with Crippen LogP contribution in [0.3, 0.4) is 0 Å². The molecule has 1 N–H and O–H groups in total. The predicted molar refractivity (Wildman–Crippen MR) is 92.6 cm³/mol. The summed E-state index contributed by atoms with van der Waals surface area (Å²) in [6.07, 6.45) is 3.52. The highest BCUT2D eigenvalue weighted by atomic mass is 127. The second-order valence-corrected chi connectivity index (χ2v) is 6.27. The zero-order valence-electron chi connectivity index (χ0n) is 11.9. The van der Waals surface area contributed by atoms with Crippen LogP contribution in [0.2, 0.25) is 0 Å². The maximum Gasteiger partial charge on any atom is 0.296 e. The van der Waals surface area contributed by atoms with E-state index in [0.29, 0.717) is 0 Å². The van der Waals surface area contributed by atoms with Crippen molar-refractivity contribution in [1.82, 2.24) is 5.32 Å². The first-order valence-corrected chi connectivity index (χ1v) is 8.03. The van der Waals surface area contributed by atoms with Gasteiger partial charge in [-0.2, -0.15) is 4.57 Å². The zero-order valence-corrected chi connectivity index (χ0v) is 14.1. The van der Waals surface area contributed by atoms with E-state index >= 15 is 0 Å². The normalized spacial score (nSPS) is 20.8. The van der Waals surface area contributed by atoms with E-state index in [9.17, 15) is 15.0 Å². The van der Waals surface area contributed by atoms with E-state index in [-0.39, 0.29) is 5.57 Å². The van der Waals surface area contributed by atoms with Crippen molar-refractivity contribution in [2.24, 2.45) is 0 Å². The number of imide groups is 1. The van der Waals surface area contributed by atoms with Crippen molar-refractivity contribution >= 4 is 40.3 Å². The van der Waals surface area contributed by atoms with Gasteiger partial charge in [0, 0.05) is 15.7 Å². The number of hydrogen-bond donors (Lipinski definition) is 1. The van der Waals surface area contributed by atoms with Gasteiger partial charge in [0.2, 0.25) is 6.04 Å². The third-order valence-electron chi connectivity index (χ3n) is 3.80. The molecule has 1 saturated heterocycles. The van der Waals surface area contributed by atoms with Crippen LogP contribution in [0, 0.1) is 3.57 Å². The molecule has 2 heterocycles. The molecule has 2 unspecified atom stereocenters. The van der Waals surface area contributed by atoms with E-state index in [2.05, 4.69) is 27.9 Å². The van der Waals surface area contributed by atoms with Crippen LogP contribution in [0.5, 0.6) is 0 Å². The molecule has 2 atom stereocenters. The Balaban J connectivity index is 2.22. The molecule has 114 valence electrons. The highest BCUT2D eigenvalue weighted by Gasteiger charge is 2.46. The summed E-state index contributed by atoms with van der Waals surface area (Å²) in [4.78, 5) is 24.6. The lowest BCUT2D eigenvalue weighted by Crippen LogP contribution is -2.57. The lowest BCUT2D eigenvalue weighted by molar-refractivity contribution is -0.711. The molecule has 2 amide bonds. The Hall–Kier alpha value is -2.31. The van der Waals surface area contributed by atoms with Crippen molar-refractivity contribution in [3.8, 4) is 0 Å². The van der Waals surface area contributed by atoms with Crippen LogP contribution in [0.4, 0.5) is 0 Å². The Bertz CT molecular complexity index is 829. The second-order valence-electron chi connectivity index (χ2n) is 5.11. The first-order chi connectivity index (χ1) is 11.1. The number of benzene rings is 1. The molecule has 1 aromatic carbocycles. The molecule has 0 radical (unpaired) electrons. The number of amides is 2. The minimum atomic E-state index is -0.681. The van der Waals surface area contributed by atoms with Gasteiger partial charge in [0.05, 0.1) is 11.5 Å². The van der Waals surface area contributed by atoms with Gasteiger partial charge < -0.3 is 5.41 Å². The van der Waals surface area contributed by atoms with Crippen molar-refractivity contribution in [2.45, 2.75) is 12.0 Å². The second kappa shape index (κ2) is 6.44. The van der Waals surface area contributed by atoms with Gasteiger partial charge in [-0.25, -0.2) is 0 Å². The van der Waals surface area contributed by atoms with Gasteiger partial charge in [-0.15, -0.1) is 0 Å². The van der Waals surface area contributed by atoms with Gasteiger partial charge in [-0.1, -0.05) is 24.3 Å². The number of pyridine rings is 1. The summed E-state index contributed by atoms with van der Waals surface area (Å²) in [5.74, 6) is 0.353. The van der Waals surface area contributed by atoms with Crippen molar-refractivity contribution in [1.29, 1.82) is 0 Å². The van der Waals surface area contributed by atoms with Gasteiger partial charge >= 0.3 is 0 Å². The quantitative estimate of drug-likeness (QED) is 0.266. The maximum absolute atomic E-state index is 12.5. The number of nitrogens with zero attached hydrogens (tertiary/aromatic N) is 2. The summed E-state index contributed by atoms with van der Waals surface area (Å²) in [7, 11) is 0. The Kier molecular flexibility index (Phi) is 4.36. The highest BCUT2D eigenvalue weighted by Crippen LogP contribution is 2.36. The fourth-order valence-corrected chi connectivity index (χ4v) is 3.50. The molecule has 2 aromatic rings. The molecule has 0 spiro atoms. The highest BCUT2D eigenvalue weighted by molar-refractivity contribution is 14.1. The fourth-order valence-electron chi connectivity index (χ4n) is 2.78. The molecule has 0 saturated carbocycles. The minimum Gasteiger partial charge on any atom is -0.763 e. The van der Waals surface area contributed by atoms with Crippen molar-refractivity contribution in [2.75, 3.05) is 0 Å². The summed E-state index contributed by atoms with van der Waals surface area (Å²) in [6, 6.07) is 12.3. The van der Waals surface area contributed by atoms with Gasteiger partial charge in [0.1, 0.15) is 0 Å². The first-order valence-electron chi connectivity index (χ1n) is 6.96. The van der Waals surface area contributed by atoms with Gasteiger partial charge in [-0.05, 0) is 34.2 Å². The smallest absolute Gasteiger partial charge is 0.296 e. The van der Waals surface area contributed by atoms with Crippen LogP contribution >= 0.6 is 22.6 Å². The van der Waals surface area contributed by atoms with E-state index in [0.717, 1.165) is 9.13 Å². The summed E-state index contributed by atoms with van der Waals surface area (Å²) in [5, 5.41) is 11.8. The Morgan fingerprint density at radius 2 is 1.78 bits per heavy atom. The number of hydrogen-bond acceptors (Lipinski definition) is 2. The Morgan fingerprint density at radius 3 is 2.43 bits per heavy atom. The summed E-state index contributed by atoms with van der Waals surface area (Å²) >= 11 is 2.16. The summed E-state index contributed by atoms with van der Waals surface area (Å²) in [5.41, 5.74) is 0.851. The van der Waals surface area contributed by atoms with E-state index in [1.165, 1.54) is 0 Å². The number of carbonyl (C=O) groups is 2. The monoisotopic (exact) mass is 417 g/mol. The predicted octanol–water partition coefficient (Wildman–Crippen LogP) is 1.73. The van der Waals surface area contributed by atoms with Crippen molar-refractivity contribution < 1.29 is 14.2 Å². The van der Waals surface area contributed by atoms with Crippen molar-refractivity contribution in [3.63, 3.8) is 0 Å². The molecular formula is C17H12IN3O2. The molecule has 0 bridgehead atoms. The summed E-state index contributed by atoms with van der Waals surface area (Å²) in [6.45, 7) is 0. The lowest BCUT2D eigenvalue weighted by Gasteiger charge is -2.29. The largest absolute Gasteiger partial charge is 0.763 e. The average Bonchev–Trinajstić information content (AvgIpc) is 2.55. The van der Waals surface area contributed by atoms with Crippen LogP contribution < -0.4 is 9.88 Å². The van der Waals surface area contributed by atoms with Gasteiger partial charge in [0.15, 0.2) is 12.4 Å². The van der Waals surface area contributed by atoms with E-state index < -0.39 is 23.8 Å². The molecule has 0 aliphatic carbocycles. The summed E-state index contributed by atoms with van der Waals surface area (Å²) < 4.78 is 2.64. The van der Waals surface area contributed by atoms with Crippen LogP contribution in [0.1, 0.15) is 17.5 Å². The van der Waals surface area contributed by atoms with Crippen LogP contribution in [-0.4, -0.2) is 17.7 Å². The molecule has 1 fully saturated rings. The van der Waals surface area contributed by atoms with E-state index in [1.807, 2.05) is 48.3 Å². The van der Waals surface area contributed by atoms with Crippen LogP contribution in [0.25, 0.3) is 5.41 Å². The number of nitrogens with one attached hydrogen (secondary N) is 1. The number of carbonyl (C=O) groups excluding carboxylic acids is 2. The molecule has 1 aliphatic heterocycles. The number of piperidine rings is 1. The fraction of sp³-hybridized carbons (Fsp3) is 0.118. The number of rotatable bonds is 2. The zero-order chi connectivity index (χ0) is 16.4. The third-order valence-corrected chi connectivity index (χ3v) is 4.78. The molecule has 3 rings (SSSR count). The maximum atomic E-state index is 12.5. The Morgan fingerprint density at radius 1 is 1.09 bits per heavy atom. The standard InChI is InChI=1S/C17H12IN3O2/c18-13-7-3-2-6-11(13)14-12(10-19)16(22)20-17(23)15(14)21-8-4-1-5-9-21/h1-9,14-15H,(H,20,22,23). The molecule has 1 aromatic heterocycles. The number of halogens is 1. The lowest BCUT2D eigenvalue weighted by atomic mass is 9.81.